The highest BCUT2D eigenvalue weighted by molar-refractivity contribution is 5.71. The van der Waals surface area contributed by atoms with E-state index in [1.807, 2.05) is 6.08 Å². The molecule has 0 aliphatic heterocycles. The zero-order chi connectivity index (χ0) is 45.8. The Kier molecular flexibility index (Phi) is 49.4. The Bertz CT molecular complexity index is 1150. The molecular formula is C57H100O6. The molecular weight excluding hydrogens is 781 g/mol. The van der Waals surface area contributed by atoms with Crippen LogP contribution in [0.5, 0.6) is 0 Å². The molecule has 0 fully saturated rings. The zero-order valence-corrected chi connectivity index (χ0v) is 41.6. The van der Waals surface area contributed by atoms with E-state index in [1.54, 1.807) is 0 Å². The maximum atomic E-state index is 12.8. The predicted octanol–water partition coefficient (Wildman–Crippen LogP) is 17.6. The first kappa shape index (κ1) is 60.1. The Morgan fingerprint density at radius 3 is 1.17 bits per heavy atom. The van der Waals surface area contributed by atoms with Crippen LogP contribution in [0.2, 0.25) is 0 Å². The van der Waals surface area contributed by atoms with E-state index in [-0.39, 0.29) is 37.5 Å². The maximum Gasteiger partial charge on any atom is 0.306 e. The van der Waals surface area contributed by atoms with Crippen molar-refractivity contribution in [3.05, 3.63) is 60.8 Å². The second-order valence-electron chi connectivity index (χ2n) is 17.8. The summed E-state index contributed by atoms with van der Waals surface area (Å²) >= 11 is 0. The van der Waals surface area contributed by atoms with Crippen molar-refractivity contribution >= 4 is 17.9 Å². The summed E-state index contributed by atoms with van der Waals surface area (Å²) in [6, 6.07) is 0. The fourth-order valence-corrected chi connectivity index (χ4v) is 7.55. The highest BCUT2D eigenvalue weighted by Crippen LogP contribution is 2.16. The molecule has 6 heteroatoms. The van der Waals surface area contributed by atoms with Crippen molar-refractivity contribution < 1.29 is 28.6 Å². The van der Waals surface area contributed by atoms with Crippen molar-refractivity contribution in [2.24, 2.45) is 0 Å². The summed E-state index contributed by atoms with van der Waals surface area (Å²) in [6.07, 6.45) is 63.6. The standard InChI is InChI=1S/C57H100O6/c1-4-7-10-13-16-19-22-25-27-28-30-32-35-38-41-44-47-50-56(59)62-53-54(52-61-55(58)49-46-43-40-37-34-31-24-21-18-15-12-9-6-3)63-57(60)51-48-45-42-39-36-33-29-26-23-20-17-14-11-8-5-2/h8,11,14,17,20,23,31,34,40,43,54H,4-7,9-10,12-13,15-16,18-19,21-22,24-30,32-33,35-39,41-42,44-53H2,1-3H3/b11-8-,17-14-,23-20-,34-31-,43-40-. The summed E-state index contributed by atoms with van der Waals surface area (Å²) < 4.78 is 16.8. The molecule has 1 atom stereocenters. The fraction of sp³-hybridized carbons (Fsp3) is 0.772. The van der Waals surface area contributed by atoms with Crippen molar-refractivity contribution in [3.8, 4) is 0 Å². The van der Waals surface area contributed by atoms with Gasteiger partial charge in [-0.1, -0.05) is 248 Å². The molecule has 0 saturated heterocycles. The third-order valence-corrected chi connectivity index (χ3v) is 11.6. The Morgan fingerprint density at radius 2 is 0.714 bits per heavy atom. The minimum atomic E-state index is -0.800. The lowest BCUT2D eigenvalue weighted by Gasteiger charge is -2.18. The van der Waals surface area contributed by atoms with E-state index < -0.39 is 6.10 Å². The molecule has 1 unspecified atom stereocenters. The summed E-state index contributed by atoms with van der Waals surface area (Å²) in [5.74, 6) is -0.970. The second-order valence-corrected chi connectivity index (χ2v) is 17.8. The predicted molar refractivity (Wildman–Crippen MR) is 270 cm³/mol. The lowest BCUT2D eigenvalue weighted by atomic mass is 10.0. The Hall–Kier alpha value is -2.89. The molecule has 6 nitrogen and oxygen atoms in total. The number of allylic oxidation sites excluding steroid dienone is 10. The largest absolute Gasteiger partial charge is 0.462 e. The number of carbonyl (C=O) groups excluding carboxylic acids is 3. The maximum absolute atomic E-state index is 12.8. The summed E-state index contributed by atoms with van der Waals surface area (Å²) in [7, 11) is 0. The van der Waals surface area contributed by atoms with Gasteiger partial charge in [0.05, 0.1) is 0 Å². The van der Waals surface area contributed by atoms with E-state index in [0.29, 0.717) is 19.3 Å². The molecule has 0 spiro atoms. The first-order valence-corrected chi connectivity index (χ1v) is 26.8. The van der Waals surface area contributed by atoms with Gasteiger partial charge in [0, 0.05) is 19.3 Å². The molecule has 0 saturated carbocycles. The van der Waals surface area contributed by atoms with Crippen LogP contribution < -0.4 is 0 Å². The first-order valence-electron chi connectivity index (χ1n) is 26.8. The topological polar surface area (TPSA) is 78.9 Å². The van der Waals surface area contributed by atoms with Gasteiger partial charge in [0.2, 0.25) is 0 Å². The summed E-state index contributed by atoms with van der Waals surface area (Å²) in [5.41, 5.74) is 0. The van der Waals surface area contributed by atoms with Crippen LogP contribution in [-0.2, 0) is 28.6 Å². The van der Waals surface area contributed by atoms with E-state index in [0.717, 1.165) is 64.2 Å². The van der Waals surface area contributed by atoms with E-state index in [1.165, 1.54) is 154 Å². The van der Waals surface area contributed by atoms with Crippen LogP contribution in [0.3, 0.4) is 0 Å². The lowest BCUT2D eigenvalue weighted by Crippen LogP contribution is -2.30. The number of carbonyl (C=O) groups is 3. The van der Waals surface area contributed by atoms with E-state index >= 15 is 0 Å². The highest BCUT2D eigenvalue weighted by Gasteiger charge is 2.19. The highest BCUT2D eigenvalue weighted by atomic mass is 16.6. The Balaban J connectivity index is 4.41. The van der Waals surface area contributed by atoms with Gasteiger partial charge in [0.15, 0.2) is 6.10 Å². The molecule has 0 N–H and O–H groups in total. The van der Waals surface area contributed by atoms with E-state index in [9.17, 15) is 14.4 Å². The van der Waals surface area contributed by atoms with Crippen molar-refractivity contribution in [1.82, 2.24) is 0 Å². The van der Waals surface area contributed by atoms with Gasteiger partial charge in [0.1, 0.15) is 13.2 Å². The molecule has 0 aromatic rings. The molecule has 0 rings (SSSR count). The third kappa shape index (κ3) is 50.0. The molecule has 0 aromatic heterocycles. The smallest absolute Gasteiger partial charge is 0.306 e. The molecule has 0 bridgehead atoms. The number of unbranched alkanes of at least 4 members (excludes halogenated alkanes) is 29. The SMILES string of the molecule is CC\C=C/C=C\C=C/CCCCCCCCCC(=O)OC(COC(=O)CC/C=C\C/C=C\CCCCCCCC)COC(=O)CCCCCCCCCCCCCCCCCCC. The number of hydrogen-bond donors (Lipinski definition) is 0. The molecule has 0 aliphatic carbocycles. The van der Waals surface area contributed by atoms with E-state index in [4.69, 9.17) is 14.2 Å². The van der Waals surface area contributed by atoms with Crippen molar-refractivity contribution in [3.63, 3.8) is 0 Å². The van der Waals surface area contributed by atoms with Gasteiger partial charge in [-0.15, -0.1) is 0 Å². The second kappa shape index (κ2) is 51.7. The van der Waals surface area contributed by atoms with Crippen molar-refractivity contribution in [2.75, 3.05) is 13.2 Å². The van der Waals surface area contributed by atoms with Crippen LogP contribution in [0.1, 0.15) is 265 Å². The lowest BCUT2D eigenvalue weighted by molar-refractivity contribution is -0.166. The molecule has 0 aromatic carbocycles. The number of ether oxygens (including phenoxy) is 3. The minimum Gasteiger partial charge on any atom is -0.462 e. The quantitative estimate of drug-likeness (QED) is 0.0199. The average Bonchev–Trinajstić information content (AvgIpc) is 3.28. The molecule has 0 aliphatic rings. The van der Waals surface area contributed by atoms with Gasteiger partial charge in [-0.25, -0.2) is 0 Å². The van der Waals surface area contributed by atoms with Gasteiger partial charge >= 0.3 is 17.9 Å². The molecule has 63 heavy (non-hydrogen) atoms. The van der Waals surface area contributed by atoms with Crippen molar-refractivity contribution in [1.29, 1.82) is 0 Å². The van der Waals surface area contributed by atoms with Crippen LogP contribution in [-0.4, -0.2) is 37.2 Å². The average molecular weight is 881 g/mol. The molecule has 0 amide bonds. The Morgan fingerprint density at radius 1 is 0.349 bits per heavy atom. The third-order valence-electron chi connectivity index (χ3n) is 11.6. The summed E-state index contributed by atoms with van der Waals surface area (Å²) in [4.78, 5) is 38.0. The van der Waals surface area contributed by atoms with Crippen LogP contribution in [0.25, 0.3) is 0 Å². The minimum absolute atomic E-state index is 0.0941. The molecule has 0 heterocycles. The first-order chi connectivity index (χ1) is 31.0. The van der Waals surface area contributed by atoms with Gasteiger partial charge in [-0.05, 0) is 57.8 Å². The molecule has 364 valence electrons. The Labute approximate surface area is 390 Å². The van der Waals surface area contributed by atoms with Gasteiger partial charge in [-0.2, -0.15) is 0 Å². The van der Waals surface area contributed by atoms with Crippen LogP contribution >= 0.6 is 0 Å². The van der Waals surface area contributed by atoms with Gasteiger partial charge in [0.25, 0.3) is 0 Å². The fourth-order valence-electron chi connectivity index (χ4n) is 7.55. The number of rotatable bonds is 48. The number of hydrogen-bond acceptors (Lipinski definition) is 6. The normalized spacial score (nSPS) is 12.5. The summed E-state index contributed by atoms with van der Waals surface area (Å²) in [5, 5.41) is 0. The van der Waals surface area contributed by atoms with Crippen LogP contribution in [0, 0.1) is 0 Å². The van der Waals surface area contributed by atoms with Gasteiger partial charge < -0.3 is 14.2 Å². The monoisotopic (exact) mass is 881 g/mol. The van der Waals surface area contributed by atoms with Gasteiger partial charge in [-0.3, -0.25) is 14.4 Å². The number of esters is 3. The summed E-state index contributed by atoms with van der Waals surface area (Å²) in [6.45, 7) is 6.46. The zero-order valence-electron chi connectivity index (χ0n) is 41.6. The molecule has 0 radical (unpaired) electrons. The van der Waals surface area contributed by atoms with Crippen LogP contribution in [0.4, 0.5) is 0 Å². The van der Waals surface area contributed by atoms with Crippen molar-refractivity contribution in [2.45, 2.75) is 271 Å². The van der Waals surface area contributed by atoms with E-state index in [2.05, 4.69) is 75.5 Å². The van der Waals surface area contributed by atoms with Crippen LogP contribution in [0.15, 0.2) is 60.8 Å².